The first kappa shape index (κ1) is 13.5. The van der Waals surface area contributed by atoms with Crippen molar-refractivity contribution in [2.24, 2.45) is 0 Å². The zero-order valence-corrected chi connectivity index (χ0v) is 10.6. The van der Waals surface area contributed by atoms with Gasteiger partial charge >= 0.3 is 0 Å². The monoisotopic (exact) mass is 226 g/mol. The number of amides is 1. The first-order valence-electron chi connectivity index (χ1n) is 6.83. The summed E-state index contributed by atoms with van der Waals surface area (Å²) in [7, 11) is 0. The van der Waals surface area contributed by atoms with Crippen molar-refractivity contribution in [1.29, 1.82) is 0 Å². The summed E-state index contributed by atoms with van der Waals surface area (Å²) < 4.78 is 0. The molecule has 16 heavy (non-hydrogen) atoms. The molecule has 1 amide bonds. The Kier molecular flexibility index (Phi) is 7.23. The van der Waals surface area contributed by atoms with Crippen molar-refractivity contribution in [2.75, 3.05) is 13.1 Å². The zero-order chi connectivity index (χ0) is 11.6. The molecule has 2 N–H and O–H groups in total. The molecule has 1 rings (SSSR count). The minimum Gasteiger partial charge on any atom is -0.352 e. The molecule has 1 saturated heterocycles. The molecule has 0 aromatic rings. The van der Waals surface area contributed by atoms with Gasteiger partial charge in [-0.1, -0.05) is 32.6 Å². The van der Waals surface area contributed by atoms with Crippen LogP contribution in [-0.4, -0.2) is 25.0 Å². The minimum atomic E-state index is 0.241. The lowest BCUT2D eigenvalue weighted by Gasteiger charge is -2.23. The molecule has 0 bridgehead atoms. The fraction of sp³-hybridized carbons (Fsp3) is 0.923. The van der Waals surface area contributed by atoms with Gasteiger partial charge in [-0.25, -0.2) is 0 Å². The maximum atomic E-state index is 11.6. The molecule has 0 radical (unpaired) electrons. The topological polar surface area (TPSA) is 41.1 Å². The fourth-order valence-electron chi connectivity index (χ4n) is 2.16. The van der Waals surface area contributed by atoms with E-state index >= 15 is 0 Å². The summed E-state index contributed by atoms with van der Waals surface area (Å²) in [5.41, 5.74) is 0. The predicted octanol–water partition coefficient (Wildman–Crippen LogP) is 2.22. The molecule has 1 atom stereocenters. The summed E-state index contributed by atoms with van der Waals surface area (Å²) in [5, 5.41) is 6.42. The molecular formula is C13H26N2O. The molecule has 0 saturated carbocycles. The number of carbonyl (C=O) groups excluding carboxylic acids is 1. The van der Waals surface area contributed by atoms with Gasteiger partial charge in [0.25, 0.3) is 0 Å². The van der Waals surface area contributed by atoms with Crippen molar-refractivity contribution in [1.82, 2.24) is 10.6 Å². The van der Waals surface area contributed by atoms with E-state index in [2.05, 4.69) is 17.6 Å². The van der Waals surface area contributed by atoms with Crippen molar-refractivity contribution in [3.63, 3.8) is 0 Å². The molecule has 3 nitrogen and oxygen atoms in total. The van der Waals surface area contributed by atoms with E-state index in [-0.39, 0.29) is 5.91 Å². The van der Waals surface area contributed by atoms with Crippen LogP contribution in [0, 0.1) is 0 Å². The van der Waals surface area contributed by atoms with Crippen molar-refractivity contribution >= 4 is 5.91 Å². The Hall–Kier alpha value is -0.570. The van der Waals surface area contributed by atoms with Gasteiger partial charge in [-0.3, -0.25) is 4.79 Å². The molecule has 0 unspecified atom stereocenters. The van der Waals surface area contributed by atoms with E-state index in [0.717, 1.165) is 25.9 Å². The molecule has 0 aromatic carbocycles. The second kappa shape index (κ2) is 8.57. The Morgan fingerprint density at radius 2 is 2.12 bits per heavy atom. The van der Waals surface area contributed by atoms with Crippen LogP contribution >= 0.6 is 0 Å². The number of hydrogen-bond acceptors (Lipinski definition) is 2. The van der Waals surface area contributed by atoms with E-state index in [0.29, 0.717) is 12.5 Å². The van der Waals surface area contributed by atoms with Crippen LogP contribution in [0.25, 0.3) is 0 Å². The molecule has 0 aromatic heterocycles. The van der Waals surface area contributed by atoms with Crippen molar-refractivity contribution in [3.8, 4) is 0 Å². The minimum absolute atomic E-state index is 0.241. The van der Waals surface area contributed by atoms with Crippen molar-refractivity contribution in [3.05, 3.63) is 0 Å². The molecular weight excluding hydrogens is 200 g/mol. The lowest BCUT2D eigenvalue weighted by atomic mass is 10.1. The van der Waals surface area contributed by atoms with Crippen LogP contribution in [0.3, 0.4) is 0 Å². The Balaban J connectivity index is 1.97. The van der Waals surface area contributed by atoms with Crippen molar-refractivity contribution < 1.29 is 4.79 Å². The Labute approximate surface area is 99.4 Å². The van der Waals surface area contributed by atoms with Crippen LogP contribution in [0.2, 0.25) is 0 Å². The van der Waals surface area contributed by atoms with Gasteiger partial charge in [0, 0.05) is 19.0 Å². The summed E-state index contributed by atoms with van der Waals surface area (Å²) in [6.45, 7) is 4.26. The Morgan fingerprint density at radius 3 is 2.81 bits per heavy atom. The third-order valence-electron chi connectivity index (χ3n) is 3.17. The Bertz CT molecular complexity index is 188. The smallest absolute Gasteiger partial charge is 0.220 e. The fourth-order valence-corrected chi connectivity index (χ4v) is 2.16. The number of hydrogen-bond donors (Lipinski definition) is 2. The van der Waals surface area contributed by atoms with Crippen LogP contribution < -0.4 is 10.6 Å². The van der Waals surface area contributed by atoms with Crippen molar-refractivity contribution in [2.45, 2.75) is 64.3 Å². The van der Waals surface area contributed by atoms with E-state index in [1.165, 1.54) is 32.1 Å². The molecule has 1 aliphatic rings. The van der Waals surface area contributed by atoms with Gasteiger partial charge in [0.1, 0.15) is 0 Å². The average Bonchev–Trinajstić information content (AvgIpc) is 2.30. The highest BCUT2D eigenvalue weighted by Crippen LogP contribution is 2.06. The second-order valence-corrected chi connectivity index (χ2v) is 4.78. The van der Waals surface area contributed by atoms with Crippen LogP contribution in [0.5, 0.6) is 0 Å². The molecule has 1 heterocycles. The highest BCUT2D eigenvalue weighted by atomic mass is 16.1. The molecule has 94 valence electrons. The highest BCUT2D eigenvalue weighted by Gasteiger charge is 2.14. The summed E-state index contributed by atoms with van der Waals surface area (Å²) in [6.07, 6.45) is 9.11. The van der Waals surface area contributed by atoms with Gasteiger partial charge in [0.15, 0.2) is 0 Å². The highest BCUT2D eigenvalue weighted by molar-refractivity contribution is 5.76. The van der Waals surface area contributed by atoms with E-state index in [4.69, 9.17) is 0 Å². The Morgan fingerprint density at radius 1 is 1.31 bits per heavy atom. The number of rotatable bonds is 7. The predicted molar refractivity (Wildman–Crippen MR) is 67.4 cm³/mol. The van der Waals surface area contributed by atoms with Crippen LogP contribution in [0.15, 0.2) is 0 Å². The lowest BCUT2D eigenvalue weighted by Crippen LogP contribution is -2.45. The molecule has 0 aliphatic carbocycles. The van der Waals surface area contributed by atoms with Gasteiger partial charge in [0.2, 0.25) is 5.91 Å². The summed E-state index contributed by atoms with van der Waals surface area (Å²) >= 11 is 0. The summed E-state index contributed by atoms with van der Waals surface area (Å²) in [6, 6.07) is 0.372. The number of unbranched alkanes of at least 4 members (excludes halogenated alkanes) is 4. The largest absolute Gasteiger partial charge is 0.352 e. The van der Waals surface area contributed by atoms with Gasteiger partial charge in [0.05, 0.1) is 0 Å². The molecule has 3 heteroatoms. The summed E-state index contributed by atoms with van der Waals surface area (Å²) in [5.74, 6) is 0.241. The number of nitrogens with one attached hydrogen (secondary N) is 2. The molecule has 0 spiro atoms. The van der Waals surface area contributed by atoms with Crippen LogP contribution in [-0.2, 0) is 4.79 Å². The van der Waals surface area contributed by atoms with E-state index in [9.17, 15) is 4.79 Å². The van der Waals surface area contributed by atoms with Gasteiger partial charge in [-0.15, -0.1) is 0 Å². The number of piperidine rings is 1. The SMILES string of the molecule is CCCCCCCC(=O)N[C@H]1CCCNC1. The van der Waals surface area contributed by atoms with E-state index < -0.39 is 0 Å². The standard InChI is InChI=1S/C13H26N2O/c1-2-3-4-5-6-9-13(16)15-12-8-7-10-14-11-12/h12,14H,2-11H2,1H3,(H,15,16)/t12-/m0/s1. The van der Waals surface area contributed by atoms with Gasteiger partial charge < -0.3 is 10.6 Å². The first-order chi connectivity index (χ1) is 7.83. The van der Waals surface area contributed by atoms with Crippen LogP contribution in [0.1, 0.15) is 58.3 Å². The third-order valence-corrected chi connectivity index (χ3v) is 3.17. The molecule has 1 fully saturated rings. The van der Waals surface area contributed by atoms with E-state index in [1.54, 1.807) is 0 Å². The van der Waals surface area contributed by atoms with Crippen LogP contribution in [0.4, 0.5) is 0 Å². The van der Waals surface area contributed by atoms with Gasteiger partial charge in [-0.05, 0) is 25.8 Å². The summed E-state index contributed by atoms with van der Waals surface area (Å²) in [4.78, 5) is 11.6. The maximum absolute atomic E-state index is 11.6. The average molecular weight is 226 g/mol. The third kappa shape index (κ3) is 6.11. The quantitative estimate of drug-likeness (QED) is 0.654. The first-order valence-corrected chi connectivity index (χ1v) is 6.83. The maximum Gasteiger partial charge on any atom is 0.220 e. The molecule has 1 aliphatic heterocycles. The second-order valence-electron chi connectivity index (χ2n) is 4.78. The number of carbonyl (C=O) groups is 1. The van der Waals surface area contributed by atoms with Gasteiger partial charge in [-0.2, -0.15) is 0 Å². The zero-order valence-electron chi connectivity index (χ0n) is 10.6. The van der Waals surface area contributed by atoms with E-state index in [1.807, 2.05) is 0 Å². The normalized spacial score (nSPS) is 20.7. The lowest BCUT2D eigenvalue weighted by molar-refractivity contribution is -0.122.